The number of carboxylic acids is 1. The van der Waals surface area contributed by atoms with Crippen LogP contribution in [0.3, 0.4) is 0 Å². The smallest absolute Gasteiger partial charge is 0.348 e. The zero-order valence-corrected chi connectivity index (χ0v) is 12.3. The summed E-state index contributed by atoms with van der Waals surface area (Å²) < 4.78 is 5.30. The van der Waals surface area contributed by atoms with Crippen LogP contribution in [-0.4, -0.2) is 39.7 Å². The van der Waals surface area contributed by atoms with Crippen LogP contribution in [0.2, 0.25) is 0 Å². The lowest BCUT2D eigenvalue weighted by atomic mass is 10.2. The summed E-state index contributed by atoms with van der Waals surface area (Å²) in [5.74, 6) is -1.37. The highest BCUT2D eigenvalue weighted by Crippen LogP contribution is 2.31. The molecule has 3 rings (SSSR count). The van der Waals surface area contributed by atoms with Crippen LogP contribution >= 0.6 is 11.3 Å². The Labute approximate surface area is 130 Å². The molecule has 8 heteroatoms. The number of nitrogens with zero attached hydrogens (tertiary/aromatic N) is 2. The molecule has 0 spiro atoms. The largest absolute Gasteiger partial charge is 0.477 e. The summed E-state index contributed by atoms with van der Waals surface area (Å²) in [6.07, 6.45) is 4.15. The van der Waals surface area contributed by atoms with Gasteiger partial charge in [-0.1, -0.05) is 11.3 Å². The summed E-state index contributed by atoms with van der Waals surface area (Å²) in [5.41, 5.74) is 0.962. The van der Waals surface area contributed by atoms with E-state index in [1.54, 1.807) is 24.5 Å². The fourth-order valence-corrected chi connectivity index (χ4v) is 3.02. The van der Waals surface area contributed by atoms with Gasteiger partial charge in [0.2, 0.25) is 0 Å². The van der Waals surface area contributed by atoms with Crippen molar-refractivity contribution in [2.75, 3.05) is 11.9 Å². The minimum absolute atomic E-state index is 0.0776. The maximum atomic E-state index is 12.0. The molecule has 2 aromatic heterocycles. The molecule has 1 saturated heterocycles. The maximum absolute atomic E-state index is 12.0. The van der Waals surface area contributed by atoms with Gasteiger partial charge in [0.15, 0.2) is 5.13 Å². The zero-order chi connectivity index (χ0) is 15.5. The molecular formula is C14H13N3O4S. The number of hydrogen-bond acceptors (Lipinski definition) is 6. The van der Waals surface area contributed by atoms with E-state index in [4.69, 9.17) is 4.74 Å². The van der Waals surface area contributed by atoms with Gasteiger partial charge in [-0.2, -0.15) is 0 Å². The van der Waals surface area contributed by atoms with Gasteiger partial charge in [0, 0.05) is 24.6 Å². The number of thiazole rings is 1. The highest BCUT2D eigenvalue weighted by atomic mass is 32.1. The molecule has 1 aliphatic rings. The first-order valence-corrected chi connectivity index (χ1v) is 7.54. The topological polar surface area (TPSA) is 101 Å². The lowest BCUT2D eigenvalue weighted by molar-refractivity contribution is -0.124. The molecular weight excluding hydrogens is 306 g/mol. The third-order valence-electron chi connectivity index (χ3n) is 3.23. The van der Waals surface area contributed by atoms with E-state index in [9.17, 15) is 14.7 Å². The van der Waals surface area contributed by atoms with Crippen molar-refractivity contribution in [3.63, 3.8) is 0 Å². The number of amides is 1. The van der Waals surface area contributed by atoms with Crippen LogP contribution in [0.25, 0.3) is 11.3 Å². The van der Waals surface area contributed by atoms with Crippen molar-refractivity contribution in [2.24, 2.45) is 0 Å². The number of ether oxygens (including phenoxy) is 1. The molecule has 1 fully saturated rings. The Morgan fingerprint density at radius 3 is 2.77 bits per heavy atom. The van der Waals surface area contributed by atoms with Gasteiger partial charge in [-0.3, -0.25) is 15.1 Å². The number of hydrogen-bond donors (Lipinski definition) is 2. The molecule has 1 amide bonds. The predicted octanol–water partition coefficient (Wildman–Crippen LogP) is 2.02. The van der Waals surface area contributed by atoms with Gasteiger partial charge < -0.3 is 9.84 Å². The van der Waals surface area contributed by atoms with Crippen LogP contribution in [0.5, 0.6) is 0 Å². The number of aromatic nitrogens is 2. The number of carboxylic acid groups (broad SMARTS) is 1. The van der Waals surface area contributed by atoms with Crippen molar-refractivity contribution >= 4 is 28.3 Å². The average Bonchev–Trinajstić information content (AvgIpc) is 3.17. The maximum Gasteiger partial charge on any atom is 0.348 e. The third kappa shape index (κ3) is 2.97. The molecule has 114 valence electrons. The first kappa shape index (κ1) is 14.6. The highest BCUT2D eigenvalue weighted by Gasteiger charge is 2.26. The van der Waals surface area contributed by atoms with Gasteiger partial charge in [-0.05, 0) is 25.0 Å². The summed E-state index contributed by atoms with van der Waals surface area (Å²) >= 11 is 0.931. The highest BCUT2D eigenvalue weighted by molar-refractivity contribution is 7.18. The normalized spacial score (nSPS) is 17.4. The molecule has 1 atom stereocenters. The third-order valence-corrected chi connectivity index (χ3v) is 4.19. The molecule has 7 nitrogen and oxygen atoms in total. The van der Waals surface area contributed by atoms with Gasteiger partial charge in [-0.25, -0.2) is 9.78 Å². The Kier molecular flexibility index (Phi) is 4.12. The minimum atomic E-state index is -1.08. The minimum Gasteiger partial charge on any atom is -0.477 e. The number of anilines is 1. The Morgan fingerprint density at radius 2 is 2.14 bits per heavy atom. The van der Waals surface area contributed by atoms with E-state index < -0.39 is 12.1 Å². The fraction of sp³-hybridized carbons (Fsp3) is 0.286. The average molecular weight is 319 g/mol. The summed E-state index contributed by atoms with van der Waals surface area (Å²) in [6.45, 7) is 0.568. The second-order valence-corrected chi connectivity index (χ2v) is 5.73. The lowest BCUT2D eigenvalue weighted by Crippen LogP contribution is -2.26. The van der Waals surface area contributed by atoms with Gasteiger partial charge in [0.1, 0.15) is 11.0 Å². The van der Waals surface area contributed by atoms with Crippen molar-refractivity contribution in [3.05, 3.63) is 29.4 Å². The summed E-state index contributed by atoms with van der Waals surface area (Å²) in [5, 5.41) is 12.2. The standard InChI is InChI=1S/C14H13N3O4S/c18-12(9-2-1-7-21-9)17-14-16-10(11(22-14)13(19)20)8-3-5-15-6-4-8/h3-6,9H,1-2,7H2,(H,19,20)(H,16,17,18). The van der Waals surface area contributed by atoms with Gasteiger partial charge in [0.25, 0.3) is 5.91 Å². The Bertz CT molecular complexity index is 695. The molecule has 2 aromatic rings. The van der Waals surface area contributed by atoms with E-state index in [1.165, 1.54) is 0 Å². The second kappa shape index (κ2) is 6.20. The molecule has 1 aliphatic heterocycles. The van der Waals surface area contributed by atoms with Crippen molar-refractivity contribution in [3.8, 4) is 11.3 Å². The Hall–Kier alpha value is -2.32. The molecule has 3 heterocycles. The van der Waals surface area contributed by atoms with Crippen molar-refractivity contribution in [1.29, 1.82) is 0 Å². The number of nitrogens with one attached hydrogen (secondary N) is 1. The van der Waals surface area contributed by atoms with Crippen LogP contribution in [0, 0.1) is 0 Å². The van der Waals surface area contributed by atoms with Gasteiger partial charge >= 0.3 is 5.97 Å². The number of carbonyl (C=O) groups excluding carboxylic acids is 1. The van der Waals surface area contributed by atoms with Crippen LogP contribution < -0.4 is 5.32 Å². The first-order chi connectivity index (χ1) is 10.6. The zero-order valence-electron chi connectivity index (χ0n) is 11.5. The molecule has 2 N–H and O–H groups in total. The van der Waals surface area contributed by atoms with Crippen molar-refractivity contribution < 1.29 is 19.4 Å². The summed E-state index contributed by atoms with van der Waals surface area (Å²) in [7, 11) is 0. The molecule has 1 unspecified atom stereocenters. The van der Waals surface area contributed by atoms with E-state index in [-0.39, 0.29) is 15.9 Å². The number of rotatable bonds is 4. The lowest BCUT2D eigenvalue weighted by Gasteiger charge is -2.07. The van der Waals surface area contributed by atoms with Crippen molar-refractivity contribution in [2.45, 2.75) is 18.9 Å². The number of carbonyl (C=O) groups is 2. The number of pyridine rings is 1. The summed E-state index contributed by atoms with van der Waals surface area (Å²) in [4.78, 5) is 31.6. The van der Waals surface area contributed by atoms with Crippen LogP contribution in [0.1, 0.15) is 22.5 Å². The van der Waals surface area contributed by atoms with Crippen LogP contribution in [0.4, 0.5) is 5.13 Å². The molecule has 0 bridgehead atoms. The van der Waals surface area contributed by atoms with E-state index >= 15 is 0 Å². The predicted molar refractivity (Wildman–Crippen MR) is 79.9 cm³/mol. The Morgan fingerprint density at radius 1 is 1.36 bits per heavy atom. The molecule has 0 aliphatic carbocycles. The van der Waals surface area contributed by atoms with Crippen molar-refractivity contribution in [1.82, 2.24) is 9.97 Å². The molecule has 0 saturated carbocycles. The van der Waals surface area contributed by atoms with Crippen LogP contribution in [-0.2, 0) is 9.53 Å². The first-order valence-electron chi connectivity index (χ1n) is 6.72. The van der Waals surface area contributed by atoms with E-state index in [0.29, 0.717) is 24.3 Å². The molecule has 0 radical (unpaired) electrons. The Balaban J connectivity index is 1.87. The molecule has 22 heavy (non-hydrogen) atoms. The van der Waals surface area contributed by atoms with Crippen LogP contribution in [0.15, 0.2) is 24.5 Å². The number of aromatic carboxylic acids is 1. The monoisotopic (exact) mass is 319 g/mol. The van der Waals surface area contributed by atoms with E-state index in [1.807, 2.05) is 0 Å². The van der Waals surface area contributed by atoms with Gasteiger partial charge in [-0.15, -0.1) is 0 Å². The second-order valence-electron chi connectivity index (χ2n) is 4.73. The summed E-state index contributed by atoms with van der Waals surface area (Å²) in [6, 6.07) is 3.35. The quantitative estimate of drug-likeness (QED) is 0.894. The molecule has 0 aromatic carbocycles. The van der Waals surface area contributed by atoms with Gasteiger partial charge in [0.05, 0.1) is 5.69 Å². The SMILES string of the molecule is O=C(O)c1sc(NC(=O)C2CCCO2)nc1-c1ccncc1. The fourth-order valence-electron chi connectivity index (χ4n) is 2.19. The van der Waals surface area contributed by atoms with E-state index in [2.05, 4.69) is 15.3 Å². The van der Waals surface area contributed by atoms with E-state index in [0.717, 1.165) is 17.8 Å².